The second-order valence-corrected chi connectivity index (χ2v) is 7.05. The minimum absolute atomic E-state index is 0.126. The molecule has 7 heteroatoms. The van der Waals surface area contributed by atoms with E-state index in [9.17, 15) is 14.0 Å². The molecule has 1 unspecified atom stereocenters. The maximum Gasteiger partial charge on any atom is 0.307 e. The zero-order chi connectivity index (χ0) is 21.7. The molecule has 0 aliphatic carbocycles. The number of benzene rings is 2. The summed E-state index contributed by atoms with van der Waals surface area (Å²) in [5.41, 5.74) is 3.84. The minimum atomic E-state index is -1.11. The van der Waals surface area contributed by atoms with Crippen LogP contribution >= 0.6 is 0 Å². The van der Waals surface area contributed by atoms with Gasteiger partial charge in [0.1, 0.15) is 5.82 Å². The largest absolute Gasteiger partial charge is 0.447 e. The molecule has 0 saturated carbocycles. The van der Waals surface area contributed by atoms with Crippen LogP contribution in [0.3, 0.4) is 0 Å². The molecule has 3 rings (SSSR count). The summed E-state index contributed by atoms with van der Waals surface area (Å²) in [6.45, 7) is 3.85. The molecule has 0 saturated heterocycles. The lowest BCUT2D eigenvalue weighted by Gasteiger charge is -2.18. The smallest absolute Gasteiger partial charge is 0.307 e. The van der Waals surface area contributed by atoms with Crippen molar-refractivity contribution in [1.82, 2.24) is 9.78 Å². The first kappa shape index (κ1) is 21.2. The highest BCUT2D eigenvalue weighted by Crippen LogP contribution is 2.22. The number of hydrogen-bond donors (Lipinski definition) is 1. The summed E-state index contributed by atoms with van der Waals surface area (Å²) in [5.74, 6) is -1.39. The molecule has 0 aliphatic rings. The van der Waals surface area contributed by atoms with E-state index in [2.05, 4.69) is 10.4 Å². The molecule has 1 N–H and O–H groups in total. The summed E-state index contributed by atoms with van der Waals surface area (Å²) in [6.07, 6.45) is -0.508. The van der Waals surface area contributed by atoms with Crippen LogP contribution in [0.4, 0.5) is 10.1 Å². The van der Waals surface area contributed by atoms with Crippen molar-refractivity contribution in [2.75, 3.05) is 5.32 Å². The number of nitrogens with one attached hydrogen (secondary N) is 1. The van der Waals surface area contributed by atoms with Crippen LogP contribution in [-0.2, 0) is 27.8 Å². The van der Waals surface area contributed by atoms with Crippen molar-refractivity contribution in [2.24, 2.45) is 7.05 Å². The van der Waals surface area contributed by atoms with Gasteiger partial charge in [0, 0.05) is 30.4 Å². The molecule has 0 radical (unpaired) electrons. The monoisotopic (exact) mass is 409 g/mol. The van der Waals surface area contributed by atoms with Crippen LogP contribution in [0.2, 0.25) is 0 Å². The predicted octanol–water partition coefficient (Wildman–Crippen LogP) is 4.03. The molecule has 0 bridgehead atoms. The standard InChI is InChI=1S/C23H24FN3O3/c1-15-20(16(2)27(3)26-15)13-14-21(28)30-22(17-7-5-4-6-8-17)23(29)25-19-11-9-18(24)10-12-19/h4-12,22H,13-14H2,1-3H3,(H,25,29). The Balaban J connectivity index is 1.71. The van der Waals surface area contributed by atoms with Gasteiger partial charge in [0.2, 0.25) is 6.10 Å². The summed E-state index contributed by atoms with van der Waals surface area (Å²) < 4.78 is 20.4. The third-order valence-corrected chi connectivity index (χ3v) is 4.94. The Labute approximate surface area is 174 Å². The van der Waals surface area contributed by atoms with Crippen LogP contribution in [0, 0.1) is 19.7 Å². The van der Waals surface area contributed by atoms with E-state index < -0.39 is 23.8 Å². The van der Waals surface area contributed by atoms with E-state index in [-0.39, 0.29) is 6.42 Å². The molecule has 0 aliphatic heterocycles. The van der Waals surface area contributed by atoms with Crippen molar-refractivity contribution in [1.29, 1.82) is 0 Å². The van der Waals surface area contributed by atoms with E-state index in [0.29, 0.717) is 17.7 Å². The van der Waals surface area contributed by atoms with Crippen molar-refractivity contribution < 1.29 is 18.7 Å². The van der Waals surface area contributed by atoms with Crippen LogP contribution in [0.5, 0.6) is 0 Å². The fraction of sp³-hybridized carbons (Fsp3) is 0.261. The van der Waals surface area contributed by atoms with Crippen molar-refractivity contribution >= 4 is 17.6 Å². The molecular formula is C23H24FN3O3. The zero-order valence-electron chi connectivity index (χ0n) is 17.2. The van der Waals surface area contributed by atoms with Gasteiger partial charge in [-0.05, 0) is 50.1 Å². The van der Waals surface area contributed by atoms with Crippen LogP contribution in [0.1, 0.15) is 35.0 Å². The number of esters is 1. The number of aryl methyl sites for hydroxylation is 2. The summed E-state index contributed by atoms with van der Waals surface area (Å²) in [6, 6.07) is 14.2. The van der Waals surface area contributed by atoms with Gasteiger partial charge in [0.15, 0.2) is 0 Å². The SMILES string of the molecule is Cc1nn(C)c(C)c1CCC(=O)OC(C(=O)Nc1ccc(F)cc1)c1ccccc1. The van der Waals surface area contributed by atoms with Gasteiger partial charge < -0.3 is 10.1 Å². The summed E-state index contributed by atoms with van der Waals surface area (Å²) in [5, 5.41) is 7.02. The Morgan fingerprint density at radius 3 is 2.37 bits per heavy atom. The quantitative estimate of drug-likeness (QED) is 0.598. The zero-order valence-corrected chi connectivity index (χ0v) is 17.2. The van der Waals surface area contributed by atoms with Crippen molar-refractivity contribution in [3.63, 3.8) is 0 Å². The van der Waals surface area contributed by atoms with Crippen LogP contribution < -0.4 is 5.32 Å². The van der Waals surface area contributed by atoms with Gasteiger partial charge in [-0.2, -0.15) is 5.10 Å². The summed E-state index contributed by atoms with van der Waals surface area (Å²) in [7, 11) is 1.86. The Morgan fingerprint density at radius 1 is 1.10 bits per heavy atom. The number of anilines is 1. The summed E-state index contributed by atoms with van der Waals surface area (Å²) in [4.78, 5) is 25.4. The van der Waals surface area contributed by atoms with Gasteiger partial charge >= 0.3 is 5.97 Å². The first-order chi connectivity index (χ1) is 14.3. The van der Waals surface area contributed by atoms with E-state index >= 15 is 0 Å². The number of halogens is 1. The number of hydrogen-bond acceptors (Lipinski definition) is 4. The fourth-order valence-corrected chi connectivity index (χ4v) is 3.24. The highest BCUT2D eigenvalue weighted by atomic mass is 19.1. The first-order valence-electron chi connectivity index (χ1n) is 9.65. The first-order valence-corrected chi connectivity index (χ1v) is 9.65. The number of nitrogens with zero attached hydrogens (tertiary/aromatic N) is 2. The number of aromatic nitrogens is 2. The van der Waals surface area contributed by atoms with Gasteiger partial charge in [-0.25, -0.2) is 4.39 Å². The molecule has 1 heterocycles. The lowest BCUT2D eigenvalue weighted by molar-refractivity contribution is -0.154. The van der Waals surface area contributed by atoms with E-state index in [0.717, 1.165) is 17.0 Å². The van der Waals surface area contributed by atoms with Crippen molar-refractivity contribution in [3.8, 4) is 0 Å². The maximum absolute atomic E-state index is 13.1. The molecule has 30 heavy (non-hydrogen) atoms. The number of rotatable bonds is 7. The maximum atomic E-state index is 13.1. The minimum Gasteiger partial charge on any atom is -0.447 e. The van der Waals surface area contributed by atoms with Crippen LogP contribution in [-0.4, -0.2) is 21.7 Å². The van der Waals surface area contributed by atoms with Gasteiger partial charge in [-0.15, -0.1) is 0 Å². The molecule has 1 amide bonds. The van der Waals surface area contributed by atoms with E-state index in [1.165, 1.54) is 24.3 Å². The molecule has 0 spiro atoms. The Bertz CT molecular complexity index is 1030. The fourth-order valence-electron chi connectivity index (χ4n) is 3.24. The molecule has 2 aromatic carbocycles. The van der Waals surface area contributed by atoms with Gasteiger partial charge in [0.25, 0.3) is 5.91 Å². The van der Waals surface area contributed by atoms with E-state index in [1.807, 2.05) is 27.0 Å². The van der Waals surface area contributed by atoms with E-state index in [1.54, 1.807) is 28.9 Å². The van der Waals surface area contributed by atoms with Crippen LogP contribution in [0.25, 0.3) is 0 Å². The Morgan fingerprint density at radius 2 is 1.77 bits per heavy atom. The third-order valence-electron chi connectivity index (χ3n) is 4.94. The second-order valence-electron chi connectivity index (χ2n) is 7.05. The van der Waals surface area contributed by atoms with E-state index in [4.69, 9.17) is 4.74 Å². The molecule has 1 atom stereocenters. The Hall–Kier alpha value is -3.48. The highest BCUT2D eigenvalue weighted by Gasteiger charge is 2.25. The lowest BCUT2D eigenvalue weighted by Crippen LogP contribution is -2.26. The normalized spacial score (nSPS) is 11.7. The van der Waals surface area contributed by atoms with Crippen molar-refractivity contribution in [2.45, 2.75) is 32.8 Å². The van der Waals surface area contributed by atoms with Gasteiger partial charge in [-0.1, -0.05) is 30.3 Å². The predicted molar refractivity (Wildman–Crippen MR) is 111 cm³/mol. The number of carbonyl (C=O) groups is 2. The van der Waals surface area contributed by atoms with Gasteiger partial charge in [-0.3, -0.25) is 14.3 Å². The highest BCUT2D eigenvalue weighted by molar-refractivity contribution is 5.96. The molecule has 1 aromatic heterocycles. The number of ether oxygens (including phenoxy) is 1. The van der Waals surface area contributed by atoms with Crippen molar-refractivity contribution in [3.05, 3.63) is 82.9 Å². The molecular weight excluding hydrogens is 385 g/mol. The lowest BCUT2D eigenvalue weighted by atomic mass is 10.1. The molecule has 156 valence electrons. The van der Waals surface area contributed by atoms with Gasteiger partial charge in [0.05, 0.1) is 5.69 Å². The Kier molecular flexibility index (Phi) is 6.61. The van der Waals surface area contributed by atoms with Crippen LogP contribution in [0.15, 0.2) is 54.6 Å². The number of carbonyl (C=O) groups excluding carboxylic acids is 2. The molecule has 6 nitrogen and oxygen atoms in total. The molecule has 3 aromatic rings. The third kappa shape index (κ3) is 5.11. The topological polar surface area (TPSA) is 73.2 Å². The second kappa shape index (κ2) is 9.35. The summed E-state index contributed by atoms with van der Waals surface area (Å²) >= 11 is 0. The number of amides is 1. The average Bonchev–Trinajstić information content (AvgIpc) is 2.98. The average molecular weight is 409 g/mol. The molecule has 0 fully saturated rings.